The Kier molecular flexibility index (Phi) is 6.82. The van der Waals surface area contributed by atoms with Crippen molar-refractivity contribution >= 4 is 31.9 Å². The molecular formula is C13H21Br2NO. The summed E-state index contributed by atoms with van der Waals surface area (Å²) in [4.78, 5) is 0. The first kappa shape index (κ1) is 15.3. The highest BCUT2D eigenvalue weighted by atomic mass is 79.9. The third-order valence-electron chi connectivity index (χ3n) is 2.74. The van der Waals surface area contributed by atoms with Gasteiger partial charge in [-0.3, -0.25) is 0 Å². The van der Waals surface area contributed by atoms with Crippen LogP contribution in [0.3, 0.4) is 0 Å². The molecule has 0 aliphatic carbocycles. The molecule has 0 aromatic carbocycles. The molecule has 0 amide bonds. The molecule has 0 radical (unpaired) electrons. The largest absolute Gasteiger partial charge is 0.452 e. The molecule has 2 nitrogen and oxygen atoms in total. The van der Waals surface area contributed by atoms with E-state index in [4.69, 9.17) is 4.42 Å². The van der Waals surface area contributed by atoms with Crippen molar-refractivity contribution < 1.29 is 4.42 Å². The maximum absolute atomic E-state index is 5.51. The maximum Gasteiger partial charge on any atom is 0.183 e. The molecule has 0 bridgehead atoms. The predicted octanol–water partition coefficient (Wildman–Crippen LogP) is 5.11. The lowest BCUT2D eigenvalue weighted by Gasteiger charge is -2.13. The van der Waals surface area contributed by atoms with E-state index >= 15 is 0 Å². The molecule has 1 aromatic rings. The summed E-state index contributed by atoms with van der Waals surface area (Å²) in [6, 6.07) is 2.54. The smallest absolute Gasteiger partial charge is 0.183 e. The summed E-state index contributed by atoms with van der Waals surface area (Å²) in [5, 5.41) is 3.48. The molecule has 4 heteroatoms. The van der Waals surface area contributed by atoms with Gasteiger partial charge in [0, 0.05) is 6.04 Å². The van der Waals surface area contributed by atoms with Gasteiger partial charge in [-0.05, 0) is 57.2 Å². The first-order valence-corrected chi connectivity index (χ1v) is 7.74. The molecule has 98 valence electrons. The molecule has 1 unspecified atom stereocenters. The summed E-state index contributed by atoms with van der Waals surface area (Å²) < 4.78 is 7.25. The van der Waals surface area contributed by atoms with Gasteiger partial charge < -0.3 is 9.73 Å². The third-order valence-corrected chi connectivity index (χ3v) is 4.45. The molecule has 0 aliphatic rings. The summed E-state index contributed by atoms with van der Waals surface area (Å²) in [6.07, 6.45) is 3.82. The van der Waals surface area contributed by atoms with Gasteiger partial charge in [0.05, 0.1) is 11.0 Å². The Morgan fingerprint density at radius 1 is 1.24 bits per heavy atom. The highest BCUT2D eigenvalue weighted by molar-refractivity contribution is 9.13. The van der Waals surface area contributed by atoms with Crippen LogP contribution in [0.5, 0.6) is 0 Å². The fourth-order valence-electron chi connectivity index (χ4n) is 1.69. The van der Waals surface area contributed by atoms with Crippen molar-refractivity contribution in [1.29, 1.82) is 0 Å². The van der Waals surface area contributed by atoms with E-state index in [0.717, 1.165) is 27.4 Å². The summed E-state index contributed by atoms with van der Waals surface area (Å²) in [6.45, 7) is 7.56. The number of nitrogens with one attached hydrogen (secondary N) is 1. The van der Waals surface area contributed by atoms with Crippen molar-refractivity contribution in [2.75, 3.05) is 0 Å². The van der Waals surface area contributed by atoms with Crippen LogP contribution in [0.2, 0.25) is 0 Å². The molecule has 0 fully saturated rings. The fourth-order valence-corrected chi connectivity index (χ4v) is 2.35. The van der Waals surface area contributed by atoms with Crippen LogP contribution in [0.25, 0.3) is 0 Å². The van der Waals surface area contributed by atoms with Crippen molar-refractivity contribution in [1.82, 2.24) is 5.32 Å². The fraction of sp³-hybridized carbons (Fsp3) is 0.692. The molecule has 0 saturated carbocycles. The van der Waals surface area contributed by atoms with E-state index in [1.54, 1.807) is 0 Å². The quantitative estimate of drug-likeness (QED) is 0.725. The molecule has 1 heterocycles. The lowest BCUT2D eigenvalue weighted by Crippen LogP contribution is -2.25. The van der Waals surface area contributed by atoms with E-state index in [0.29, 0.717) is 6.04 Å². The summed E-state index contributed by atoms with van der Waals surface area (Å²) in [5.41, 5.74) is 0. The topological polar surface area (TPSA) is 25.2 Å². The van der Waals surface area contributed by atoms with Gasteiger partial charge in [-0.2, -0.15) is 0 Å². The minimum atomic E-state index is 0.538. The van der Waals surface area contributed by atoms with Gasteiger partial charge in [0.25, 0.3) is 0 Å². The van der Waals surface area contributed by atoms with Gasteiger partial charge in [0.2, 0.25) is 0 Å². The number of hydrogen-bond donors (Lipinski definition) is 1. The zero-order chi connectivity index (χ0) is 12.8. The van der Waals surface area contributed by atoms with E-state index in [-0.39, 0.29) is 0 Å². The summed E-state index contributed by atoms with van der Waals surface area (Å²) in [5.74, 6) is 1.76. The zero-order valence-electron chi connectivity index (χ0n) is 10.7. The normalized spacial score (nSPS) is 13.3. The van der Waals surface area contributed by atoms with E-state index in [2.05, 4.69) is 57.9 Å². The Hall–Kier alpha value is 0.200. The van der Waals surface area contributed by atoms with Crippen LogP contribution >= 0.6 is 31.9 Å². The summed E-state index contributed by atoms with van der Waals surface area (Å²) in [7, 11) is 0. The monoisotopic (exact) mass is 365 g/mol. The predicted molar refractivity (Wildman–Crippen MR) is 79.1 cm³/mol. The van der Waals surface area contributed by atoms with Crippen LogP contribution in [0, 0.1) is 5.92 Å². The van der Waals surface area contributed by atoms with Crippen molar-refractivity contribution in [2.24, 2.45) is 5.92 Å². The first-order valence-electron chi connectivity index (χ1n) is 6.16. The molecule has 1 atom stereocenters. The van der Waals surface area contributed by atoms with Crippen LogP contribution in [0.4, 0.5) is 0 Å². The molecular weight excluding hydrogens is 346 g/mol. The zero-order valence-corrected chi connectivity index (χ0v) is 13.9. The molecule has 0 aliphatic heterocycles. The number of halogens is 2. The average molecular weight is 367 g/mol. The molecule has 1 N–H and O–H groups in total. The van der Waals surface area contributed by atoms with Gasteiger partial charge in [0.1, 0.15) is 5.76 Å². The van der Waals surface area contributed by atoms with Crippen LogP contribution in [0.1, 0.15) is 45.8 Å². The van der Waals surface area contributed by atoms with Crippen molar-refractivity contribution in [3.63, 3.8) is 0 Å². The lowest BCUT2D eigenvalue weighted by atomic mass is 10.0. The third kappa shape index (κ3) is 6.07. The van der Waals surface area contributed by atoms with Gasteiger partial charge in [-0.1, -0.05) is 26.7 Å². The molecule has 1 aromatic heterocycles. The lowest BCUT2D eigenvalue weighted by molar-refractivity contribution is 0.416. The Morgan fingerprint density at radius 3 is 2.47 bits per heavy atom. The van der Waals surface area contributed by atoms with Crippen molar-refractivity contribution in [3.05, 3.63) is 21.0 Å². The Bertz CT molecular complexity index is 317. The second kappa shape index (κ2) is 7.59. The highest BCUT2D eigenvalue weighted by Gasteiger charge is 2.07. The van der Waals surface area contributed by atoms with Crippen LogP contribution in [-0.4, -0.2) is 6.04 Å². The Morgan fingerprint density at radius 2 is 1.94 bits per heavy atom. The number of rotatable bonds is 7. The van der Waals surface area contributed by atoms with Crippen molar-refractivity contribution in [3.8, 4) is 0 Å². The second-order valence-corrected chi connectivity index (χ2v) is 6.52. The minimum absolute atomic E-state index is 0.538. The maximum atomic E-state index is 5.51. The van der Waals surface area contributed by atoms with E-state index < -0.39 is 0 Å². The van der Waals surface area contributed by atoms with E-state index in [9.17, 15) is 0 Å². The Labute approximate surface area is 121 Å². The highest BCUT2D eigenvalue weighted by Crippen LogP contribution is 2.26. The van der Waals surface area contributed by atoms with Gasteiger partial charge in [0.15, 0.2) is 4.67 Å². The SMILES string of the molecule is CC(C)CCCC(C)NCc1cc(Br)c(Br)o1. The standard InChI is InChI=1S/C13H21Br2NO/c1-9(2)5-4-6-10(3)16-8-11-7-12(14)13(15)17-11/h7,9-10,16H,4-6,8H2,1-3H3. The van der Waals surface area contributed by atoms with Gasteiger partial charge >= 0.3 is 0 Å². The van der Waals surface area contributed by atoms with Crippen LogP contribution in [0.15, 0.2) is 19.6 Å². The first-order chi connectivity index (χ1) is 7.99. The van der Waals surface area contributed by atoms with Crippen LogP contribution < -0.4 is 5.32 Å². The number of furan rings is 1. The molecule has 17 heavy (non-hydrogen) atoms. The van der Waals surface area contributed by atoms with Crippen LogP contribution in [-0.2, 0) is 6.54 Å². The minimum Gasteiger partial charge on any atom is -0.452 e. The van der Waals surface area contributed by atoms with E-state index in [1.807, 2.05) is 6.07 Å². The van der Waals surface area contributed by atoms with E-state index in [1.165, 1.54) is 19.3 Å². The van der Waals surface area contributed by atoms with Crippen molar-refractivity contribution in [2.45, 2.75) is 52.6 Å². The van der Waals surface area contributed by atoms with Gasteiger partial charge in [-0.25, -0.2) is 0 Å². The molecule has 1 rings (SSSR count). The number of hydrogen-bond acceptors (Lipinski definition) is 2. The second-order valence-electron chi connectivity index (χ2n) is 4.94. The molecule has 0 saturated heterocycles. The molecule has 0 spiro atoms. The summed E-state index contributed by atoms with van der Waals surface area (Å²) >= 11 is 6.75. The van der Waals surface area contributed by atoms with Gasteiger partial charge in [-0.15, -0.1) is 0 Å². The Balaban J connectivity index is 2.21. The average Bonchev–Trinajstić information content (AvgIpc) is 2.55.